The van der Waals surface area contributed by atoms with Gasteiger partial charge < -0.3 is 14.8 Å². The van der Waals surface area contributed by atoms with Crippen LogP contribution in [0.1, 0.15) is 80.4 Å². The zero-order valence-electron chi connectivity index (χ0n) is 20.8. The van der Waals surface area contributed by atoms with E-state index < -0.39 is 11.7 Å². The predicted octanol–water partition coefficient (Wildman–Crippen LogP) is 5.12. The number of amides is 2. The summed E-state index contributed by atoms with van der Waals surface area (Å²) < 4.78 is 15.8. The first kappa shape index (κ1) is 26.4. The highest BCUT2D eigenvalue weighted by atomic mass is 32.2. The van der Waals surface area contributed by atoms with E-state index in [1.54, 1.807) is 18.2 Å². The normalized spacial score (nSPS) is 17.0. The van der Waals surface area contributed by atoms with Crippen molar-refractivity contribution in [3.05, 3.63) is 54.1 Å². The van der Waals surface area contributed by atoms with Crippen molar-refractivity contribution in [1.29, 1.82) is 0 Å². The first-order chi connectivity index (χ1) is 17.6. The number of halogens is 1. The molecule has 0 atom stereocenters. The van der Waals surface area contributed by atoms with Crippen LogP contribution in [0.4, 0.5) is 4.39 Å². The van der Waals surface area contributed by atoms with Crippen molar-refractivity contribution in [2.24, 2.45) is 0 Å². The van der Waals surface area contributed by atoms with E-state index in [1.807, 2.05) is 4.57 Å². The van der Waals surface area contributed by atoms with Crippen LogP contribution in [0.3, 0.4) is 0 Å². The smallest absolute Gasteiger partial charge is 0.254 e. The summed E-state index contributed by atoms with van der Waals surface area (Å²) in [6, 6.07) is 6.56. The van der Waals surface area contributed by atoms with Crippen molar-refractivity contribution in [3.63, 3.8) is 0 Å². The second-order valence-electron chi connectivity index (χ2n) is 9.63. The van der Waals surface area contributed by atoms with E-state index in [1.165, 1.54) is 62.4 Å². The van der Waals surface area contributed by atoms with Gasteiger partial charge in [-0.05, 0) is 37.8 Å². The van der Waals surface area contributed by atoms with Gasteiger partial charge >= 0.3 is 0 Å². The molecule has 0 aliphatic heterocycles. The summed E-state index contributed by atoms with van der Waals surface area (Å²) in [7, 11) is 0. The van der Waals surface area contributed by atoms with Crippen LogP contribution < -0.4 is 5.32 Å². The first-order valence-corrected chi connectivity index (χ1v) is 14.1. The van der Waals surface area contributed by atoms with Crippen LogP contribution in [0.5, 0.6) is 0 Å². The van der Waals surface area contributed by atoms with Crippen LogP contribution in [0, 0.1) is 5.82 Å². The maximum Gasteiger partial charge on any atom is 0.254 e. The number of allylic oxidation sites excluding steroid dienone is 1. The van der Waals surface area contributed by atoms with Crippen molar-refractivity contribution < 1.29 is 14.0 Å². The Balaban J connectivity index is 1.41. The van der Waals surface area contributed by atoms with Gasteiger partial charge in [0.05, 0.1) is 17.9 Å². The van der Waals surface area contributed by atoms with Crippen LogP contribution in [0.15, 0.2) is 42.1 Å². The van der Waals surface area contributed by atoms with Crippen LogP contribution in [0.25, 0.3) is 0 Å². The fourth-order valence-corrected chi connectivity index (χ4v) is 6.23. The van der Waals surface area contributed by atoms with E-state index in [0.29, 0.717) is 35.4 Å². The summed E-state index contributed by atoms with van der Waals surface area (Å²) >= 11 is 1.38. The van der Waals surface area contributed by atoms with Crippen molar-refractivity contribution in [3.8, 4) is 0 Å². The van der Waals surface area contributed by atoms with Crippen LogP contribution in [-0.2, 0) is 17.9 Å². The number of rotatable bonds is 10. The minimum absolute atomic E-state index is 0.0157. The third-order valence-corrected chi connectivity index (χ3v) is 8.13. The lowest BCUT2D eigenvalue weighted by atomic mass is 9.88. The zero-order chi connectivity index (χ0) is 25.3. The molecule has 2 aliphatic rings. The third kappa shape index (κ3) is 6.55. The molecule has 0 unspecified atom stereocenters. The Hall–Kier alpha value is -2.68. The standard InChI is InChI=1S/C27H36FN5O2S/c1-2-17-32-24(18-29-26(35)22-15-9-10-16-23(22)28)30-31-27(32)36-19-25(34)33(20-11-5-3-6-12-20)21-13-7-4-8-14-21/h2,9-10,15-16,20-21H,1,3-8,11-14,17-19H2,(H,29,35). The molecule has 2 amide bonds. The highest BCUT2D eigenvalue weighted by Gasteiger charge is 2.32. The molecule has 1 aromatic carbocycles. The van der Waals surface area contributed by atoms with Gasteiger partial charge in [-0.3, -0.25) is 9.59 Å². The highest BCUT2D eigenvalue weighted by molar-refractivity contribution is 7.99. The van der Waals surface area contributed by atoms with E-state index in [9.17, 15) is 14.0 Å². The lowest BCUT2D eigenvalue weighted by Crippen LogP contribution is -2.49. The molecular weight excluding hydrogens is 477 g/mol. The van der Waals surface area contributed by atoms with Crippen molar-refractivity contribution in [2.75, 3.05) is 5.75 Å². The Bertz CT molecular complexity index is 1030. The molecule has 2 aliphatic carbocycles. The number of hydrogen-bond donors (Lipinski definition) is 1. The Morgan fingerprint density at radius 1 is 1.06 bits per heavy atom. The van der Waals surface area contributed by atoms with Crippen LogP contribution in [-0.4, -0.2) is 49.3 Å². The molecule has 194 valence electrons. The number of carbonyl (C=O) groups excluding carboxylic acids is 2. The molecule has 0 spiro atoms. The van der Waals surface area contributed by atoms with E-state index in [4.69, 9.17) is 0 Å². The number of nitrogens with one attached hydrogen (secondary N) is 1. The van der Waals surface area contributed by atoms with Gasteiger partial charge in [-0.25, -0.2) is 4.39 Å². The highest BCUT2D eigenvalue weighted by Crippen LogP contribution is 2.31. The van der Waals surface area contributed by atoms with Crippen LogP contribution >= 0.6 is 11.8 Å². The number of thioether (sulfide) groups is 1. The second kappa shape index (κ2) is 13.0. The third-order valence-electron chi connectivity index (χ3n) is 7.18. The summed E-state index contributed by atoms with van der Waals surface area (Å²) in [5.41, 5.74) is -0.0157. The molecule has 2 fully saturated rings. The van der Waals surface area contributed by atoms with E-state index in [2.05, 4.69) is 27.0 Å². The van der Waals surface area contributed by atoms with E-state index in [-0.39, 0.29) is 18.0 Å². The maximum absolute atomic E-state index is 13.9. The molecule has 7 nitrogen and oxygen atoms in total. The Morgan fingerprint density at radius 3 is 2.31 bits per heavy atom. The minimum atomic E-state index is -0.571. The average molecular weight is 514 g/mol. The van der Waals surface area contributed by atoms with E-state index >= 15 is 0 Å². The van der Waals surface area contributed by atoms with Gasteiger partial charge in [-0.15, -0.1) is 16.8 Å². The van der Waals surface area contributed by atoms with Gasteiger partial charge in [-0.2, -0.15) is 0 Å². The largest absolute Gasteiger partial charge is 0.345 e. The molecule has 4 rings (SSSR count). The summed E-state index contributed by atoms with van der Waals surface area (Å²) in [4.78, 5) is 28.2. The molecule has 0 saturated heterocycles. The number of hydrogen-bond acceptors (Lipinski definition) is 5. The molecular formula is C27H36FN5O2S. The summed E-state index contributed by atoms with van der Waals surface area (Å²) in [5, 5.41) is 11.9. The van der Waals surface area contributed by atoms with E-state index in [0.717, 1.165) is 25.7 Å². The Morgan fingerprint density at radius 2 is 1.69 bits per heavy atom. The van der Waals surface area contributed by atoms with Crippen molar-refractivity contribution >= 4 is 23.6 Å². The number of benzene rings is 1. The molecule has 0 radical (unpaired) electrons. The lowest BCUT2D eigenvalue weighted by Gasteiger charge is -2.41. The van der Waals surface area contributed by atoms with Gasteiger partial charge in [0.25, 0.3) is 5.91 Å². The molecule has 9 heteroatoms. The van der Waals surface area contributed by atoms with Crippen molar-refractivity contribution in [2.45, 2.75) is 94.5 Å². The van der Waals surface area contributed by atoms with Gasteiger partial charge in [-0.1, -0.05) is 68.5 Å². The summed E-state index contributed by atoms with van der Waals surface area (Å²) in [5.74, 6) is -0.0597. The molecule has 0 bridgehead atoms. The predicted molar refractivity (Wildman–Crippen MR) is 139 cm³/mol. The molecule has 1 heterocycles. The Kier molecular flexibility index (Phi) is 9.55. The SMILES string of the molecule is C=CCn1c(CNC(=O)c2ccccc2F)nnc1SCC(=O)N(C1CCCCC1)C1CCCCC1. The van der Waals surface area contributed by atoms with Crippen molar-refractivity contribution in [1.82, 2.24) is 25.0 Å². The second-order valence-corrected chi connectivity index (χ2v) is 10.6. The molecule has 36 heavy (non-hydrogen) atoms. The summed E-state index contributed by atoms with van der Waals surface area (Å²) in [6.07, 6.45) is 13.5. The maximum atomic E-state index is 13.9. The molecule has 1 N–H and O–H groups in total. The molecule has 1 aromatic heterocycles. The average Bonchev–Trinajstić information content (AvgIpc) is 3.29. The van der Waals surface area contributed by atoms with Crippen LogP contribution in [0.2, 0.25) is 0 Å². The van der Waals surface area contributed by atoms with Gasteiger partial charge in [0.1, 0.15) is 5.82 Å². The van der Waals surface area contributed by atoms with Gasteiger partial charge in [0.2, 0.25) is 5.91 Å². The number of aromatic nitrogens is 3. The topological polar surface area (TPSA) is 80.1 Å². The quantitative estimate of drug-likeness (QED) is 0.352. The first-order valence-electron chi connectivity index (χ1n) is 13.1. The molecule has 2 aromatic rings. The zero-order valence-corrected chi connectivity index (χ0v) is 21.6. The van der Waals surface area contributed by atoms with Gasteiger partial charge in [0, 0.05) is 18.6 Å². The molecule has 2 saturated carbocycles. The number of carbonyl (C=O) groups is 2. The summed E-state index contributed by atoms with van der Waals surface area (Å²) in [6.45, 7) is 4.36. The lowest BCUT2D eigenvalue weighted by molar-refractivity contribution is -0.135. The minimum Gasteiger partial charge on any atom is -0.345 e. The number of nitrogens with zero attached hydrogens (tertiary/aromatic N) is 4. The monoisotopic (exact) mass is 513 g/mol. The van der Waals surface area contributed by atoms with Gasteiger partial charge in [0.15, 0.2) is 11.0 Å². The fourth-order valence-electron chi connectivity index (χ4n) is 5.39. The Labute approximate surface area is 216 Å². The fraction of sp³-hybridized carbons (Fsp3) is 0.556.